The summed E-state index contributed by atoms with van der Waals surface area (Å²) in [5, 5.41) is 0. The summed E-state index contributed by atoms with van der Waals surface area (Å²) in [7, 11) is 0. The van der Waals surface area contributed by atoms with Gasteiger partial charge in [-0.05, 0) is 43.4 Å². The SMILES string of the molecule is CCOc1ccc(C(Br)C2CCOCC2)cc1. The van der Waals surface area contributed by atoms with Gasteiger partial charge in [0.15, 0.2) is 0 Å². The van der Waals surface area contributed by atoms with E-state index in [1.807, 2.05) is 19.1 Å². The van der Waals surface area contributed by atoms with Gasteiger partial charge in [0.25, 0.3) is 0 Å². The minimum absolute atomic E-state index is 0.432. The Morgan fingerprint density at radius 3 is 2.53 bits per heavy atom. The van der Waals surface area contributed by atoms with Gasteiger partial charge in [-0.1, -0.05) is 28.1 Å². The molecule has 0 radical (unpaired) electrons. The van der Waals surface area contributed by atoms with Crippen LogP contribution in [0.2, 0.25) is 0 Å². The van der Waals surface area contributed by atoms with Crippen LogP contribution in [0.5, 0.6) is 5.75 Å². The summed E-state index contributed by atoms with van der Waals surface area (Å²) in [4.78, 5) is 0.432. The molecule has 0 saturated carbocycles. The Hall–Kier alpha value is -0.540. The number of hydrogen-bond donors (Lipinski definition) is 0. The molecule has 0 spiro atoms. The van der Waals surface area contributed by atoms with Crippen molar-refractivity contribution in [2.75, 3.05) is 19.8 Å². The van der Waals surface area contributed by atoms with Gasteiger partial charge < -0.3 is 9.47 Å². The number of ether oxygens (including phenoxy) is 2. The Morgan fingerprint density at radius 1 is 1.29 bits per heavy atom. The first-order valence-electron chi connectivity index (χ1n) is 6.26. The molecule has 1 atom stereocenters. The van der Waals surface area contributed by atoms with E-state index in [0.717, 1.165) is 38.4 Å². The molecule has 3 heteroatoms. The molecule has 0 amide bonds. The highest BCUT2D eigenvalue weighted by molar-refractivity contribution is 9.09. The minimum Gasteiger partial charge on any atom is -0.494 e. The zero-order chi connectivity index (χ0) is 12.1. The van der Waals surface area contributed by atoms with Gasteiger partial charge >= 0.3 is 0 Å². The van der Waals surface area contributed by atoms with Crippen molar-refractivity contribution < 1.29 is 9.47 Å². The summed E-state index contributed by atoms with van der Waals surface area (Å²) in [6.45, 7) is 4.51. The summed E-state index contributed by atoms with van der Waals surface area (Å²) in [6.07, 6.45) is 2.28. The van der Waals surface area contributed by atoms with Crippen LogP contribution in [-0.2, 0) is 4.74 Å². The highest BCUT2D eigenvalue weighted by Crippen LogP contribution is 2.37. The molecule has 94 valence electrons. The quantitative estimate of drug-likeness (QED) is 0.784. The number of alkyl halides is 1. The largest absolute Gasteiger partial charge is 0.494 e. The fourth-order valence-corrected chi connectivity index (χ4v) is 3.03. The molecule has 1 aromatic carbocycles. The van der Waals surface area contributed by atoms with E-state index in [-0.39, 0.29) is 0 Å². The van der Waals surface area contributed by atoms with Crippen LogP contribution in [0.15, 0.2) is 24.3 Å². The molecule has 2 nitrogen and oxygen atoms in total. The second kappa shape index (κ2) is 6.41. The van der Waals surface area contributed by atoms with Crippen molar-refractivity contribution >= 4 is 15.9 Å². The molecular weight excluding hydrogens is 280 g/mol. The number of hydrogen-bond acceptors (Lipinski definition) is 2. The van der Waals surface area contributed by atoms with E-state index < -0.39 is 0 Å². The van der Waals surface area contributed by atoms with Gasteiger partial charge in [-0.2, -0.15) is 0 Å². The third kappa shape index (κ3) is 3.46. The summed E-state index contributed by atoms with van der Waals surface area (Å²) >= 11 is 3.81. The topological polar surface area (TPSA) is 18.5 Å². The zero-order valence-corrected chi connectivity index (χ0v) is 11.8. The van der Waals surface area contributed by atoms with Crippen molar-refractivity contribution in [1.82, 2.24) is 0 Å². The van der Waals surface area contributed by atoms with Crippen LogP contribution in [0.3, 0.4) is 0 Å². The molecule has 1 heterocycles. The average Bonchev–Trinajstić information content (AvgIpc) is 2.40. The minimum atomic E-state index is 0.432. The summed E-state index contributed by atoms with van der Waals surface area (Å²) in [5.41, 5.74) is 1.33. The van der Waals surface area contributed by atoms with Crippen molar-refractivity contribution in [3.05, 3.63) is 29.8 Å². The normalized spacial score (nSPS) is 18.9. The molecule has 1 unspecified atom stereocenters. The molecule has 1 aliphatic heterocycles. The number of rotatable bonds is 4. The van der Waals surface area contributed by atoms with Gasteiger partial charge in [-0.15, -0.1) is 0 Å². The predicted molar refractivity (Wildman–Crippen MR) is 72.8 cm³/mol. The van der Waals surface area contributed by atoms with Crippen molar-refractivity contribution in [3.63, 3.8) is 0 Å². The molecule has 1 fully saturated rings. The number of benzene rings is 1. The van der Waals surface area contributed by atoms with Gasteiger partial charge in [0.2, 0.25) is 0 Å². The number of halogens is 1. The maximum absolute atomic E-state index is 5.45. The first-order chi connectivity index (χ1) is 8.31. The molecule has 0 aromatic heterocycles. The van der Waals surface area contributed by atoms with Crippen molar-refractivity contribution in [2.24, 2.45) is 5.92 Å². The van der Waals surface area contributed by atoms with Crippen molar-refractivity contribution in [3.8, 4) is 5.75 Å². The highest BCUT2D eigenvalue weighted by Gasteiger charge is 2.22. The molecular formula is C14H19BrO2. The highest BCUT2D eigenvalue weighted by atomic mass is 79.9. The van der Waals surface area contributed by atoms with Crippen LogP contribution in [0.25, 0.3) is 0 Å². The van der Waals surface area contributed by atoms with E-state index >= 15 is 0 Å². The standard InChI is InChI=1S/C14H19BrO2/c1-2-17-13-5-3-11(4-6-13)14(15)12-7-9-16-10-8-12/h3-6,12,14H,2,7-10H2,1H3. The molecule has 1 saturated heterocycles. The van der Waals surface area contributed by atoms with Crippen LogP contribution >= 0.6 is 15.9 Å². The predicted octanol–water partition coefficient (Wildman–Crippen LogP) is 3.95. The van der Waals surface area contributed by atoms with Gasteiger partial charge in [0.1, 0.15) is 5.75 Å². The third-order valence-electron chi connectivity index (χ3n) is 3.19. The monoisotopic (exact) mass is 298 g/mol. The van der Waals surface area contributed by atoms with E-state index in [4.69, 9.17) is 9.47 Å². The summed E-state index contributed by atoms with van der Waals surface area (Å²) in [5.74, 6) is 1.63. The lowest BCUT2D eigenvalue weighted by atomic mass is 9.92. The smallest absolute Gasteiger partial charge is 0.119 e. The Kier molecular flexibility index (Phi) is 4.86. The van der Waals surface area contributed by atoms with E-state index in [0.29, 0.717) is 10.7 Å². The first kappa shape index (κ1) is 12.9. The van der Waals surface area contributed by atoms with E-state index in [9.17, 15) is 0 Å². The van der Waals surface area contributed by atoms with Gasteiger partial charge in [-0.25, -0.2) is 0 Å². The van der Waals surface area contributed by atoms with Crippen LogP contribution in [-0.4, -0.2) is 19.8 Å². The second-order valence-electron chi connectivity index (χ2n) is 4.35. The summed E-state index contributed by atoms with van der Waals surface area (Å²) in [6, 6.07) is 8.40. The zero-order valence-electron chi connectivity index (χ0n) is 10.2. The van der Waals surface area contributed by atoms with Crippen LogP contribution in [0.1, 0.15) is 30.2 Å². The molecule has 0 bridgehead atoms. The van der Waals surface area contributed by atoms with Gasteiger partial charge in [-0.3, -0.25) is 0 Å². The fourth-order valence-electron chi connectivity index (χ4n) is 2.20. The third-order valence-corrected chi connectivity index (χ3v) is 4.47. The Bertz CT molecular complexity index is 331. The van der Waals surface area contributed by atoms with Gasteiger partial charge in [0.05, 0.1) is 6.61 Å². The lowest BCUT2D eigenvalue weighted by Gasteiger charge is -2.26. The second-order valence-corrected chi connectivity index (χ2v) is 5.34. The molecule has 1 aliphatic rings. The molecule has 0 aliphatic carbocycles. The summed E-state index contributed by atoms with van der Waals surface area (Å²) < 4.78 is 10.8. The molecule has 2 rings (SSSR count). The lowest BCUT2D eigenvalue weighted by Crippen LogP contribution is -2.19. The lowest BCUT2D eigenvalue weighted by molar-refractivity contribution is 0.0662. The Balaban J connectivity index is 2.00. The Labute approximate surface area is 111 Å². The molecule has 1 aromatic rings. The van der Waals surface area contributed by atoms with E-state index in [1.165, 1.54) is 5.56 Å². The maximum atomic E-state index is 5.45. The Morgan fingerprint density at radius 2 is 1.94 bits per heavy atom. The van der Waals surface area contributed by atoms with Crippen molar-refractivity contribution in [1.29, 1.82) is 0 Å². The van der Waals surface area contributed by atoms with Crippen LogP contribution in [0, 0.1) is 5.92 Å². The van der Waals surface area contributed by atoms with E-state index in [1.54, 1.807) is 0 Å². The maximum Gasteiger partial charge on any atom is 0.119 e. The van der Waals surface area contributed by atoms with Crippen LogP contribution < -0.4 is 4.74 Å². The fraction of sp³-hybridized carbons (Fsp3) is 0.571. The first-order valence-corrected chi connectivity index (χ1v) is 7.17. The van der Waals surface area contributed by atoms with E-state index in [2.05, 4.69) is 28.1 Å². The van der Waals surface area contributed by atoms with Crippen LogP contribution in [0.4, 0.5) is 0 Å². The van der Waals surface area contributed by atoms with Crippen molar-refractivity contribution in [2.45, 2.75) is 24.6 Å². The molecule has 17 heavy (non-hydrogen) atoms. The average molecular weight is 299 g/mol. The van der Waals surface area contributed by atoms with Gasteiger partial charge in [0, 0.05) is 18.0 Å². The molecule has 0 N–H and O–H groups in total.